The van der Waals surface area contributed by atoms with E-state index in [-0.39, 0.29) is 17.7 Å². The van der Waals surface area contributed by atoms with Crippen LogP contribution in [-0.4, -0.2) is 17.6 Å². The molecule has 0 fully saturated rings. The highest BCUT2D eigenvalue weighted by atomic mass is 32.2. The molecule has 2 aromatic carbocycles. The van der Waals surface area contributed by atoms with Gasteiger partial charge in [0.2, 0.25) is 11.8 Å². The summed E-state index contributed by atoms with van der Waals surface area (Å²) in [6.45, 7) is 1.81. The summed E-state index contributed by atoms with van der Waals surface area (Å²) in [6.07, 6.45) is 0.442. The van der Waals surface area contributed by atoms with E-state index in [4.69, 9.17) is 0 Å². The van der Waals surface area contributed by atoms with E-state index in [1.807, 2.05) is 18.2 Å². The van der Waals surface area contributed by atoms with Crippen LogP contribution < -0.4 is 10.6 Å². The van der Waals surface area contributed by atoms with Gasteiger partial charge in [0.1, 0.15) is 0 Å². The molecule has 1 aliphatic rings. The topological polar surface area (TPSA) is 58.2 Å². The van der Waals surface area contributed by atoms with Crippen LogP contribution in [0.25, 0.3) is 0 Å². The van der Waals surface area contributed by atoms with Gasteiger partial charge in [-0.25, -0.2) is 0 Å². The molecule has 5 heteroatoms. The Hall–Kier alpha value is -2.27. The molecule has 0 saturated carbocycles. The van der Waals surface area contributed by atoms with Gasteiger partial charge in [-0.2, -0.15) is 0 Å². The van der Waals surface area contributed by atoms with Gasteiger partial charge < -0.3 is 10.6 Å². The van der Waals surface area contributed by atoms with Crippen LogP contribution >= 0.6 is 11.8 Å². The molecule has 118 valence electrons. The number of fused-ring (bicyclic) bond motifs is 1. The maximum atomic E-state index is 12.5. The smallest absolute Gasteiger partial charge is 0.232 e. The highest BCUT2D eigenvalue weighted by Gasteiger charge is 2.28. The molecule has 2 aromatic rings. The third-order valence-electron chi connectivity index (χ3n) is 3.77. The molecule has 0 aliphatic carbocycles. The average molecular weight is 326 g/mol. The first-order chi connectivity index (χ1) is 11.2. The summed E-state index contributed by atoms with van der Waals surface area (Å²) in [5.41, 5.74) is 2.57. The van der Waals surface area contributed by atoms with Crippen LogP contribution in [0.15, 0.2) is 53.4 Å². The highest BCUT2D eigenvalue weighted by molar-refractivity contribution is 7.99. The Morgan fingerprint density at radius 3 is 2.39 bits per heavy atom. The Morgan fingerprint density at radius 2 is 1.70 bits per heavy atom. The second kappa shape index (κ2) is 6.87. The van der Waals surface area contributed by atoms with E-state index < -0.39 is 0 Å². The molecule has 4 nitrogen and oxygen atoms in total. The number of carbonyl (C=O) groups excluding carboxylic acids is 2. The number of hydrogen-bond donors (Lipinski definition) is 2. The second-order valence-corrected chi connectivity index (χ2v) is 6.43. The first-order valence-electron chi connectivity index (χ1n) is 7.60. The number of anilines is 2. The van der Waals surface area contributed by atoms with E-state index >= 15 is 0 Å². The van der Waals surface area contributed by atoms with Crippen LogP contribution in [0.2, 0.25) is 0 Å². The number of rotatable bonds is 4. The number of thioether (sulfide) groups is 1. The van der Waals surface area contributed by atoms with Crippen molar-refractivity contribution in [2.24, 2.45) is 0 Å². The summed E-state index contributed by atoms with van der Waals surface area (Å²) in [5, 5.41) is 5.74. The lowest BCUT2D eigenvalue weighted by atomic mass is 10.0. The summed E-state index contributed by atoms with van der Waals surface area (Å²) in [4.78, 5) is 25.0. The second-order valence-electron chi connectivity index (χ2n) is 5.37. The molecule has 23 heavy (non-hydrogen) atoms. The number of hydrogen-bond acceptors (Lipinski definition) is 3. The zero-order valence-corrected chi connectivity index (χ0v) is 13.7. The molecule has 1 aliphatic heterocycles. The molecule has 0 aromatic heterocycles. The SMILES string of the molecule is CCC(=O)Nc1ccc(NC(=O)[C@H]2CSc3ccccc32)cc1. The van der Waals surface area contributed by atoms with Crippen LogP contribution in [-0.2, 0) is 9.59 Å². The molecule has 2 amide bonds. The van der Waals surface area contributed by atoms with E-state index in [0.717, 1.165) is 22.7 Å². The van der Waals surface area contributed by atoms with Crippen molar-refractivity contribution in [2.45, 2.75) is 24.2 Å². The Labute approximate surface area is 139 Å². The number of benzene rings is 2. The van der Waals surface area contributed by atoms with Crippen molar-refractivity contribution in [2.75, 3.05) is 16.4 Å². The normalized spacial score (nSPS) is 15.8. The van der Waals surface area contributed by atoms with Gasteiger partial charge in [0.05, 0.1) is 5.92 Å². The molecule has 0 saturated heterocycles. The molecular formula is C18H18N2O2S. The zero-order chi connectivity index (χ0) is 16.2. The van der Waals surface area contributed by atoms with Crippen LogP contribution in [0.4, 0.5) is 11.4 Å². The number of carbonyl (C=O) groups is 2. The van der Waals surface area contributed by atoms with E-state index in [1.165, 1.54) is 4.90 Å². The van der Waals surface area contributed by atoms with Crippen molar-refractivity contribution < 1.29 is 9.59 Å². The minimum Gasteiger partial charge on any atom is -0.326 e. The van der Waals surface area contributed by atoms with Crippen LogP contribution in [0, 0.1) is 0 Å². The Kier molecular flexibility index (Phi) is 4.67. The summed E-state index contributed by atoms with van der Waals surface area (Å²) in [7, 11) is 0. The summed E-state index contributed by atoms with van der Waals surface area (Å²) < 4.78 is 0. The van der Waals surface area contributed by atoms with Crippen LogP contribution in [0.1, 0.15) is 24.8 Å². The fourth-order valence-electron chi connectivity index (χ4n) is 2.50. The average Bonchev–Trinajstić information content (AvgIpc) is 3.00. The fraction of sp³-hybridized carbons (Fsp3) is 0.222. The van der Waals surface area contributed by atoms with Gasteiger partial charge in [-0.1, -0.05) is 25.1 Å². The van der Waals surface area contributed by atoms with Crippen molar-refractivity contribution in [3.63, 3.8) is 0 Å². The lowest BCUT2D eigenvalue weighted by Crippen LogP contribution is -2.21. The molecular weight excluding hydrogens is 308 g/mol. The fourth-order valence-corrected chi connectivity index (χ4v) is 3.72. The molecule has 1 atom stereocenters. The van der Waals surface area contributed by atoms with E-state index in [0.29, 0.717) is 6.42 Å². The van der Waals surface area contributed by atoms with Crippen molar-refractivity contribution in [1.29, 1.82) is 0 Å². The van der Waals surface area contributed by atoms with Gasteiger partial charge >= 0.3 is 0 Å². The summed E-state index contributed by atoms with van der Waals surface area (Å²) in [6, 6.07) is 15.2. The zero-order valence-electron chi connectivity index (χ0n) is 12.8. The summed E-state index contributed by atoms with van der Waals surface area (Å²) in [5.74, 6) is 0.639. The van der Waals surface area contributed by atoms with Crippen molar-refractivity contribution >= 4 is 35.0 Å². The quantitative estimate of drug-likeness (QED) is 0.897. The minimum atomic E-state index is -0.115. The predicted octanol–water partition coefficient (Wildman–Crippen LogP) is 3.86. The number of amides is 2. The van der Waals surface area contributed by atoms with Gasteiger partial charge in [0, 0.05) is 28.4 Å². The van der Waals surface area contributed by atoms with Crippen molar-refractivity contribution in [3.05, 3.63) is 54.1 Å². The molecule has 1 heterocycles. The third kappa shape index (κ3) is 3.56. The predicted molar refractivity (Wildman–Crippen MR) is 93.9 cm³/mol. The van der Waals surface area contributed by atoms with Gasteiger partial charge in [0.15, 0.2) is 0 Å². The van der Waals surface area contributed by atoms with E-state index in [9.17, 15) is 9.59 Å². The lowest BCUT2D eigenvalue weighted by molar-refractivity contribution is -0.117. The van der Waals surface area contributed by atoms with Crippen molar-refractivity contribution in [1.82, 2.24) is 0 Å². The monoisotopic (exact) mass is 326 g/mol. The lowest BCUT2D eigenvalue weighted by Gasteiger charge is -2.12. The van der Waals surface area contributed by atoms with Gasteiger partial charge in [-0.3, -0.25) is 9.59 Å². The van der Waals surface area contributed by atoms with Gasteiger partial charge in [-0.15, -0.1) is 11.8 Å². The largest absolute Gasteiger partial charge is 0.326 e. The third-order valence-corrected chi connectivity index (χ3v) is 4.96. The first kappa shape index (κ1) is 15.6. The number of nitrogens with one attached hydrogen (secondary N) is 2. The molecule has 0 spiro atoms. The van der Waals surface area contributed by atoms with Crippen LogP contribution in [0.5, 0.6) is 0 Å². The van der Waals surface area contributed by atoms with Gasteiger partial charge in [0.25, 0.3) is 0 Å². The molecule has 2 N–H and O–H groups in total. The van der Waals surface area contributed by atoms with Crippen molar-refractivity contribution in [3.8, 4) is 0 Å². The Balaban J connectivity index is 1.66. The van der Waals surface area contributed by atoms with Crippen LogP contribution in [0.3, 0.4) is 0 Å². The molecule has 0 radical (unpaired) electrons. The minimum absolute atomic E-state index is 0.00722. The summed E-state index contributed by atoms with van der Waals surface area (Å²) >= 11 is 1.72. The Bertz CT molecular complexity index is 728. The molecule has 0 bridgehead atoms. The van der Waals surface area contributed by atoms with Gasteiger partial charge in [-0.05, 0) is 35.9 Å². The standard InChI is InChI=1S/C18H18N2O2S/c1-2-17(21)19-12-7-9-13(10-8-12)20-18(22)15-11-23-16-6-4-3-5-14(15)16/h3-10,15H,2,11H2,1H3,(H,19,21)(H,20,22)/t15-/m0/s1. The molecule has 3 rings (SSSR count). The Morgan fingerprint density at radius 1 is 1.04 bits per heavy atom. The maximum Gasteiger partial charge on any atom is 0.232 e. The first-order valence-corrected chi connectivity index (χ1v) is 8.58. The maximum absolute atomic E-state index is 12.5. The highest BCUT2D eigenvalue weighted by Crippen LogP contribution is 2.39. The van der Waals surface area contributed by atoms with E-state index in [2.05, 4.69) is 16.7 Å². The van der Waals surface area contributed by atoms with E-state index in [1.54, 1.807) is 43.0 Å². The molecule has 0 unspecified atom stereocenters.